The van der Waals surface area contributed by atoms with E-state index in [-0.39, 0.29) is 41.9 Å². The molecule has 1 aromatic heterocycles. The normalized spacial score (nSPS) is 11.0. The first-order chi connectivity index (χ1) is 18.2. The molecule has 0 aliphatic rings. The van der Waals surface area contributed by atoms with Crippen LogP contribution in [0.15, 0.2) is 60.8 Å². The van der Waals surface area contributed by atoms with E-state index in [9.17, 15) is 0 Å². The van der Waals surface area contributed by atoms with Gasteiger partial charge in [-0.05, 0) is 58.1 Å². The number of para-hydroxylation sites is 2. The van der Waals surface area contributed by atoms with Crippen molar-refractivity contribution < 1.29 is 41.9 Å². The summed E-state index contributed by atoms with van der Waals surface area (Å²) in [7, 11) is 0. The van der Waals surface area contributed by atoms with E-state index < -0.39 is 0 Å². The van der Waals surface area contributed by atoms with Crippen molar-refractivity contribution in [2.75, 3.05) is 36.8 Å². The molecule has 4 nitrogen and oxygen atoms in total. The Kier molecular flexibility index (Phi) is 18.6. The molecule has 41 heavy (non-hydrogen) atoms. The number of rotatable bonds is 14. The molecule has 0 unspecified atom stereocenters. The quantitative estimate of drug-likeness (QED) is 0.264. The summed E-state index contributed by atoms with van der Waals surface area (Å²) in [6, 6.07) is 19.7. The van der Waals surface area contributed by atoms with E-state index in [2.05, 4.69) is 124 Å². The molecule has 2 aromatic carbocycles. The molecule has 1 radical (unpaired) electrons. The number of pyridine rings is 1. The number of anilines is 2. The topological polar surface area (TPSA) is 40.2 Å². The van der Waals surface area contributed by atoms with E-state index in [4.69, 9.17) is 0 Å². The fourth-order valence-electron chi connectivity index (χ4n) is 5.18. The van der Waals surface area contributed by atoms with Gasteiger partial charge in [-0.2, -0.15) is 0 Å². The van der Waals surface area contributed by atoms with Crippen molar-refractivity contribution in [3.05, 3.63) is 88.7 Å². The van der Waals surface area contributed by atoms with Gasteiger partial charge >= 0.3 is 17.1 Å². The van der Waals surface area contributed by atoms with Crippen molar-refractivity contribution in [2.24, 2.45) is 0 Å². The summed E-state index contributed by atoms with van der Waals surface area (Å²) in [4.78, 5) is 7.13. The minimum Gasteiger partial charge on any atom is -1.00 e. The summed E-state index contributed by atoms with van der Waals surface area (Å²) in [6.45, 7) is 22.8. The molecular formula is C34H50Cl2CuN4. The minimum absolute atomic E-state index is 0. The van der Waals surface area contributed by atoms with Gasteiger partial charge in [-0.15, -0.1) is 0 Å². The van der Waals surface area contributed by atoms with Gasteiger partial charge in [0.1, 0.15) is 0 Å². The standard InChI is InChI=1S/C34H50N4.2ClH.Cu/c1-24(2)29-14-11-15-30(25(3)4)33(29)36-19-21-38(23-28-13-9-10-18-35-28)22-20-37-34-31(26(5)6)16-12-17-32(34)27(7)8;;;/h9-18,24-27,36-37H,19-23H2,1-8H3;2*1H;/q;;;+2/p-2. The molecule has 231 valence electrons. The molecule has 3 rings (SSSR count). The molecule has 0 saturated carbocycles. The molecule has 7 heteroatoms. The fraction of sp³-hybridized carbons (Fsp3) is 0.500. The molecule has 0 amide bonds. The summed E-state index contributed by atoms with van der Waals surface area (Å²) in [5.41, 5.74) is 9.37. The Labute approximate surface area is 273 Å². The monoisotopic (exact) mass is 647 g/mol. The Balaban J connectivity index is 0.00000533. The van der Waals surface area contributed by atoms with E-state index in [1.165, 1.54) is 33.6 Å². The first-order valence-electron chi connectivity index (χ1n) is 14.5. The van der Waals surface area contributed by atoms with Gasteiger partial charge in [-0.1, -0.05) is 97.9 Å². The largest absolute Gasteiger partial charge is 2.00 e. The number of aromatic nitrogens is 1. The number of nitrogens with one attached hydrogen (secondary N) is 2. The van der Waals surface area contributed by atoms with E-state index >= 15 is 0 Å². The van der Waals surface area contributed by atoms with Crippen LogP contribution in [-0.4, -0.2) is 36.1 Å². The Morgan fingerprint density at radius 3 is 1.29 bits per heavy atom. The number of nitrogens with zero attached hydrogens (tertiary/aromatic N) is 2. The maximum Gasteiger partial charge on any atom is 2.00 e. The Hall–Kier alpha value is -1.75. The number of hydrogen-bond acceptors (Lipinski definition) is 4. The third-order valence-corrected chi connectivity index (χ3v) is 7.32. The van der Waals surface area contributed by atoms with E-state index in [1.807, 2.05) is 12.3 Å². The minimum atomic E-state index is 0. The van der Waals surface area contributed by atoms with Crippen molar-refractivity contribution >= 4 is 11.4 Å². The smallest absolute Gasteiger partial charge is 1.00 e. The summed E-state index contributed by atoms with van der Waals surface area (Å²) in [6.07, 6.45) is 1.89. The Morgan fingerprint density at radius 2 is 0.976 bits per heavy atom. The second-order valence-corrected chi connectivity index (χ2v) is 11.7. The molecule has 0 spiro atoms. The molecule has 0 aliphatic heterocycles. The maximum atomic E-state index is 4.62. The second kappa shape index (κ2) is 19.4. The maximum absolute atomic E-state index is 4.62. The van der Waals surface area contributed by atoms with Crippen molar-refractivity contribution in [1.82, 2.24) is 9.88 Å². The van der Waals surface area contributed by atoms with Crippen LogP contribution in [0.2, 0.25) is 0 Å². The van der Waals surface area contributed by atoms with Crippen LogP contribution in [0.5, 0.6) is 0 Å². The van der Waals surface area contributed by atoms with Crippen molar-refractivity contribution in [1.29, 1.82) is 0 Å². The van der Waals surface area contributed by atoms with E-state index in [1.54, 1.807) is 0 Å². The molecule has 1 heterocycles. The van der Waals surface area contributed by atoms with Crippen LogP contribution >= 0.6 is 0 Å². The molecule has 0 bridgehead atoms. The van der Waals surface area contributed by atoms with Crippen molar-refractivity contribution in [3.63, 3.8) is 0 Å². The molecule has 0 fully saturated rings. The zero-order valence-corrected chi connectivity index (χ0v) is 28.5. The third-order valence-electron chi connectivity index (χ3n) is 7.32. The summed E-state index contributed by atoms with van der Waals surface area (Å²) >= 11 is 0. The van der Waals surface area contributed by atoms with Crippen LogP contribution in [0.25, 0.3) is 0 Å². The van der Waals surface area contributed by atoms with Crippen LogP contribution in [0.1, 0.15) is 107 Å². The van der Waals surface area contributed by atoms with Crippen LogP contribution in [0, 0.1) is 0 Å². The first kappa shape index (κ1) is 39.2. The van der Waals surface area contributed by atoms with Gasteiger partial charge in [0, 0.05) is 50.3 Å². The van der Waals surface area contributed by atoms with Gasteiger partial charge in [0.05, 0.1) is 5.69 Å². The molecule has 0 saturated heterocycles. The van der Waals surface area contributed by atoms with Crippen molar-refractivity contribution in [2.45, 2.75) is 85.6 Å². The zero-order chi connectivity index (χ0) is 27.7. The molecular weight excluding hydrogens is 599 g/mol. The molecule has 0 aliphatic carbocycles. The molecule has 3 aromatic rings. The first-order valence-corrected chi connectivity index (χ1v) is 14.5. The van der Waals surface area contributed by atoms with Crippen LogP contribution in [0.4, 0.5) is 11.4 Å². The Morgan fingerprint density at radius 1 is 0.585 bits per heavy atom. The van der Waals surface area contributed by atoms with Gasteiger partial charge < -0.3 is 35.4 Å². The summed E-state index contributed by atoms with van der Waals surface area (Å²) in [5.74, 6) is 1.95. The third kappa shape index (κ3) is 11.5. The van der Waals surface area contributed by atoms with Gasteiger partial charge in [0.25, 0.3) is 0 Å². The van der Waals surface area contributed by atoms with E-state index in [0.717, 1.165) is 38.4 Å². The molecule has 2 N–H and O–H groups in total. The fourth-order valence-corrected chi connectivity index (χ4v) is 5.18. The van der Waals surface area contributed by atoms with Gasteiger partial charge in [-0.25, -0.2) is 0 Å². The second-order valence-electron chi connectivity index (χ2n) is 11.7. The number of halogens is 2. The average molecular weight is 649 g/mol. The van der Waals surface area contributed by atoms with Gasteiger partial charge in [0.2, 0.25) is 0 Å². The predicted molar refractivity (Wildman–Crippen MR) is 166 cm³/mol. The van der Waals surface area contributed by atoms with Crippen LogP contribution in [-0.2, 0) is 23.6 Å². The number of benzene rings is 2. The van der Waals surface area contributed by atoms with Crippen LogP contribution in [0.3, 0.4) is 0 Å². The van der Waals surface area contributed by atoms with Crippen molar-refractivity contribution in [3.8, 4) is 0 Å². The average Bonchev–Trinajstić information content (AvgIpc) is 2.88. The van der Waals surface area contributed by atoms with Gasteiger partial charge in [0.15, 0.2) is 0 Å². The predicted octanol–water partition coefficient (Wildman–Crippen LogP) is 2.61. The van der Waals surface area contributed by atoms with Crippen LogP contribution < -0.4 is 35.4 Å². The summed E-state index contributed by atoms with van der Waals surface area (Å²) in [5, 5.41) is 7.67. The zero-order valence-electron chi connectivity index (χ0n) is 26.1. The SMILES string of the molecule is CC(C)c1cccc(C(C)C)c1NCCN(CCNc1c(C(C)C)cccc1C(C)C)Cc1ccccn1.[Cl-].[Cl-].[Cu+2]. The van der Waals surface area contributed by atoms with E-state index in [0.29, 0.717) is 23.7 Å². The number of hydrogen-bond donors (Lipinski definition) is 2. The molecule has 0 atom stereocenters. The van der Waals surface area contributed by atoms with Gasteiger partial charge in [-0.3, -0.25) is 9.88 Å². The Bertz CT molecular complexity index is 1010. The summed E-state index contributed by atoms with van der Waals surface area (Å²) < 4.78 is 0.